The highest BCUT2D eigenvalue weighted by atomic mass is 35.5. The third-order valence-electron chi connectivity index (χ3n) is 7.68. The first-order valence-electron chi connectivity index (χ1n) is 13.4. The van der Waals surface area contributed by atoms with Crippen molar-refractivity contribution in [1.82, 2.24) is 19.7 Å². The summed E-state index contributed by atoms with van der Waals surface area (Å²) in [7, 11) is 0. The van der Waals surface area contributed by atoms with Gasteiger partial charge in [-0.1, -0.05) is 43.0 Å². The summed E-state index contributed by atoms with van der Waals surface area (Å²) < 4.78 is 39.1. The summed E-state index contributed by atoms with van der Waals surface area (Å²) in [5.74, 6) is -1.37. The number of nitrogens with two attached hydrogens (primary N) is 1. The van der Waals surface area contributed by atoms with E-state index in [0.29, 0.717) is 17.4 Å². The van der Waals surface area contributed by atoms with E-state index in [0.717, 1.165) is 38.0 Å². The maximum absolute atomic E-state index is 13.0. The smallest absolute Gasteiger partial charge is 0.459 e. The molecule has 1 aliphatic carbocycles. The van der Waals surface area contributed by atoms with Gasteiger partial charge in [-0.15, -0.1) is 0 Å². The quantitative estimate of drug-likeness (QED) is 0.479. The second-order valence-corrected chi connectivity index (χ2v) is 10.7. The number of esters is 1. The lowest BCUT2D eigenvalue weighted by atomic mass is 9.63. The Morgan fingerprint density at radius 3 is 2.31 bits per heavy atom. The van der Waals surface area contributed by atoms with E-state index in [1.54, 1.807) is 6.33 Å². The van der Waals surface area contributed by atoms with Gasteiger partial charge >= 0.3 is 12.1 Å². The summed E-state index contributed by atoms with van der Waals surface area (Å²) in [5, 5.41) is 5.08. The predicted molar refractivity (Wildman–Crippen MR) is 141 cm³/mol. The molecular formula is C27H37ClF3N5O3. The largest absolute Gasteiger partial charge is 0.490 e. The molecule has 1 aromatic heterocycles. The lowest BCUT2D eigenvalue weighted by molar-refractivity contribution is -0.199. The zero-order valence-electron chi connectivity index (χ0n) is 22.2. The SMILES string of the molecule is CCOC(=O)C(F)(F)F.N[C@H](Cc1ccc(Cl)cc1)C(=O)N1CCC(Cn2cncn2)(C2CCCCC2)CC1. The summed E-state index contributed by atoms with van der Waals surface area (Å²) >= 11 is 5.96. The monoisotopic (exact) mass is 571 g/mol. The van der Waals surface area contributed by atoms with E-state index in [4.69, 9.17) is 17.3 Å². The van der Waals surface area contributed by atoms with Gasteiger partial charge in [0.25, 0.3) is 0 Å². The molecule has 0 spiro atoms. The van der Waals surface area contributed by atoms with Crippen LogP contribution in [-0.2, 0) is 27.3 Å². The number of halogens is 4. The topological polar surface area (TPSA) is 103 Å². The molecule has 1 aromatic carbocycles. The average molecular weight is 572 g/mol. The van der Waals surface area contributed by atoms with Gasteiger partial charge in [-0.2, -0.15) is 18.3 Å². The van der Waals surface area contributed by atoms with Crippen molar-refractivity contribution < 1.29 is 27.5 Å². The number of likely N-dealkylation sites (tertiary alicyclic amines) is 1. The van der Waals surface area contributed by atoms with Crippen LogP contribution in [0.1, 0.15) is 57.4 Å². The number of piperidine rings is 1. The number of hydrogen-bond donors (Lipinski definition) is 1. The highest BCUT2D eigenvalue weighted by Crippen LogP contribution is 2.47. The van der Waals surface area contributed by atoms with Crippen molar-refractivity contribution in [3.05, 3.63) is 47.5 Å². The molecule has 2 aliphatic rings. The van der Waals surface area contributed by atoms with Crippen molar-refractivity contribution in [2.45, 2.75) is 77.1 Å². The minimum atomic E-state index is -4.85. The number of carbonyl (C=O) groups is 2. The van der Waals surface area contributed by atoms with Crippen LogP contribution in [0.5, 0.6) is 0 Å². The highest BCUT2D eigenvalue weighted by molar-refractivity contribution is 6.30. The predicted octanol–water partition coefficient (Wildman–Crippen LogP) is 4.80. The Morgan fingerprint density at radius 2 is 1.79 bits per heavy atom. The standard InChI is InChI=1S/C23H32ClN5O.C4H5F3O2/c24-20-8-6-18(7-9-20)14-21(25)22(30)28-12-10-23(11-13-28,15-29-17-26-16-27-29)19-4-2-1-3-5-19;1-2-9-3(8)4(5,6)7/h6-9,16-17,19,21H,1-5,10-15,25H2;2H2,1H3/t21-;/m1./s1. The van der Waals surface area contributed by atoms with Crippen molar-refractivity contribution in [1.29, 1.82) is 0 Å². The molecule has 1 atom stereocenters. The van der Waals surface area contributed by atoms with Crippen LogP contribution in [0, 0.1) is 11.3 Å². The second kappa shape index (κ2) is 14.1. The van der Waals surface area contributed by atoms with Gasteiger partial charge < -0.3 is 15.4 Å². The molecule has 2 heterocycles. The number of ether oxygens (including phenoxy) is 1. The second-order valence-electron chi connectivity index (χ2n) is 10.3. The van der Waals surface area contributed by atoms with E-state index in [1.165, 1.54) is 39.0 Å². The molecule has 2 fully saturated rings. The fourth-order valence-corrected chi connectivity index (χ4v) is 5.76. The van der Waals surface area contributed by atoms with Gasteiger partial charge in [0.1, 0.15) is 12.7 Å². The molecular weight excluding hydrogens is 535 g/mol. The normalized spacial score (nSPS) is 18.6. The summed E-state index contributed by atoms with van der Waals surface area (Å²) in [5.41, 5.74) is 7.53. The van der Waals surface area contributed by atoms with E-state index in [1.807, 2.05) is 40.2 Å². The van der Waals surface area contributed by atoms with Crippen LogP contribution in [0.2, 0.25) is 5.02 Å². The Labute approximate surface area is 232 Å². The summed E-state index contributed by atoms with van der Waals surface area (Å²) in [6, 6.07) is 7.06. The maximum atomic E-state index is 13.0. The third kappa shape index (κ3) is 8.93. The molecule has 0 bridgehead atoms. The average Bonchev–Trinajstić information content (AvgIpc) is 3.43. The van der Waals surface area contributed by atoms with Gasteiger partial charge in [0.2, 0.25) is 5.91 Å². The third-order valence-corrected chi connectivity index (χ3v) is 7.93. The van der Waals surface area contributed by atoms with Crippen LogP contribution >= 0.6 is 11.6 Å². The molecule has 0 unspecified atom stereocenters. The number of aromatic nitrogens is 3. The van der Waals surface area contributed by atoms with Gasteiger partial charge in [0.15, 0.2) is 0 Å². The highest BCUT2D eigenvalue weighted by Gasteiger charge is 2.43. The molecule has 39 heavy (non-hydrogen) atoms. The number of amides is 1. The molecule has 1 saturated heterocycles. The van der Waals surface area contributed by atoms with Gasteiger partial charge in [0, 0.05) is 24.7 Å². The molecule has 2 N–H and O–H groups in total. The van der Waals surface area contributed by atoms with Crippen molar-refractivity contribution in [3.63, 3.8) is 0 Å². The number of carbonyl (C=O) groups excluding carboxylic acids is 2. The van der Waals surface area contributed by atoms with Crippen molar-refractivity contribution in [2.75, 3.05) is 19.7 Å². The van der Waals surface area contributed by atoms with Gasteiger partial charge in [-0.05, 0) is 68.1 Å². The van der Waals surface area contributed by atoms with Crippen LogP contribution in [-0.4, -0.2) is 63.5 Å². The fraction of sp³-hybridized carbons (Fsp3) is 0.630. The lowest BCUT2D eigenvalue weighted by Crippen LogP contribution is -2.52. The molecule has 1 amide bonds. The molecule has 4 rings (SSSR count). The fourth-order valence-electron chi connectivity index (χ4n) is 5.63. The molecule has 2 aromatic rings. The van der Waals surface area contributed by atoms with E-state index in [-0.39, 0.29) is 17.9 Å². The van der Waals surface area contributed by atoms with E-state index in [2.05, 4.69) is 14.8 Å². The summed E-state index contributed by atoms with van der Waals surface area (Å²) in [6.45, 7) is 3.51. The van der Waals surface area contributed by atoms with E-state index < -0.39 is 18.2 Å². The first kappa shape index (κ1) is 30.9. The summed E-state index contributed by atoms with van der Waals surface area (Å²) in [4.78, 5) is 28.9. The maximum Gasteiger partial charge on any atom is 0.490 e. The summed E-state index contributed by atoms with van der Waals surface area (Å²) in [6.07, 6.45) is 7.71. The van der Waals surface area contributed by atoms with Crippen LogP contribution in [0.4, 0.5) is 13.2 Å². The molecule has 1 aliphatic heterocycles. The first-order chi connectivity index (χ1) is 18.5. The van der Waals surface area contributed by atoms with Gasteiger partial charge in [-0.3, -0.25) is 9.48 Å². The van der Waals surface area contributed by atoms with Crippen molar-refractivity contribution >= 4 is 23.5 Å². The number of benzene rings is 1. The van der Waals surface area contributed by atoms with Crippen LogP contribution in [0.25, 0.3) is 0 Å². The van der Waals surface area contributed by atoms with Crippen molar-refractivity contribution in [3.8, 4) is 0 Å². The van der Waals surface area contributed by atoms with Crippen LogP contribution < -0.4 is 5.73 Å². The van der Waals surface area contributed by atoms with Crippen molar-refractivity contribution in [2.24, 2.45) is 17.1 Å². The van der Waals surface area contributed by atoms with Crippen LogP contribution in [0.3, 0.4) is 0 Å². The number of rotatable bonds is 7. The minimum absolute atomic E-state index is 0.0583. The number of alkyl halides is 3. The van der Waals surface area contributed by atoms with Gasteiger partial charge in [0.05, 0.1) is 12.6 Å². The Hall–Kier alpha value is -2.66. The number of nitrogens with zero attached hydrogens (tertiary/aromatic N) is 4. The van der Waals surface area contributed by atoms with E-state index in [9.17, 15) is 22.8 Å². The van der Waals surface area contributed by atoms with Crippen LogP contribution in [0.15, 0.2) is 36.9 Å². The molecule has 1 saturated carbocycles. The Balaban J connectivity index is 0.000000403. The Bertz CT molecular complexity index is 1040. The number of hydrogen-bond acceptors (Lipinski definition) is 6. The zero-order valence-corrected chi connectivity index (χ0v) is 23.0. The molecule has 216 valence electrons. The van der Waals surface area contributed by atoms with E-state index >= 15 is 0 Å². The van der Waals surface area contributed by atoms with Gasteiger partial charge in [-0.25, -0.2) is 9.78 Å². The molecule has 8 nitrogen and oxygen atoms in total. The Morgan fingerprint density at radius 1 is 1.15 bits per heavy atom. The zero-order chi connectivity index (χ0) is 28.5. The molecule has 0 radical (unpaired) electrons. The first-order valence-corrected chi connectivity index (χ1v) is 13.8. The minimum Gasteiger partial charge on any atom is -0.459 e. The Kier molecular flexibility index (Phi) is 11.2. The molecule has 12 heteroatoms. The lowest BCUT2D eigenvalue weighted by Gasteiger charge is -2.48.